The van der Waals surface area contributed by atoms with Gasteiger partial charge in [0.1, 0.15) is 6.54 Å². The Labute approximate surface area is 163 Å². The molecule has 0 aliphatic carbocycles. The van der Waals surface area contributed by atoms with E-state index in [9.17, 15) is 4.79 Å². The Morgan fingerprint density at radius 1 is 1.08 bits per heavy atom. The van der Waals surface area contributed by atoms with Crippen LogP contribution in [-0.4, -0.2) is 22.9 Å². The third kappa shape index (κ3) is 6.71. The molecular weight excluding hydrogens is 379 g/mol. The monoisotopic (exact) mass is 397 g/mol. The summed E-state index contributed by atoms with van der Waals surface area (Å²) >= 11 is 18.3. The molecule has 0 aliphatic rings. The maximum Gasteiger partial charge on any atom is 0.262 e. The Morgan fingerprint density at radius 2 is 1.64 bits per heavy atom. The number of rotatable bonds is 6. The number of hydrogen-bond donors (Lipinski definition) is 2. The number of carbonyl (C=O) groups excluding carboxylic acids is 1. The lowest BCUT2D eigenvalue weighted by Gasteiger charge is -2.30. The summed E-state index contributed by atoms with van der Waals surface area (Å²) in [6, 6.07) is 19.4. The molecule has 0 saturated carbocycles. The fourth-order valence-corrected chi connectivity index (χ4v) is 3.15. The fourth-order valence-electron chi connectivity index (χ4n) is 2.43. The van der Waals surface area contributed by atoms with Crippen molar-refractivity contribution in [1.82, 2.24) is 5.32 Å². The van der Waals surface area contributed by atoms with Crippen molar-refractivity contribution in [3.63, 3.8) is 0 Å². The van der Waals surface area contributed by atoms with Crippen LogP contribution in [0.1, 0.15) is 11.1 Å². The summed E-state index contributed by atoms with van der Waals surface area (Å²) in [4.78, 5) is 13.1. The number of amides is 1. The maximum atomic E-state index is 12.2. The van der Waals surface area contributed by atoms with Gasteiger partial charge < -0.3 is 4.90 Å². The van der Waals surface area contributed by atoms with Gasteiger partial charge in [-0.2, -0.15) is 0 Å². The van der Waals surface area contributed by atoms with Gasteiger partial charge in [-0.3, -0.25) is 10.1 Å². The second kappa shape index (κ2) is 9.25. The summed E-state index contributed by atoms with van der Waals surface area (Å²) in [5, 5.41) is 2.79. The largest absolute Gasteiger partial charge is 0.310 e. The number of benzene rings is 2. The minimum Gasteiger partial charge on any atom is -0.310 e. The van der Waals surface area contributed by atoms with Gasteiger partial charge in [0.05, 0.1) is 7.05 Å². The maximum absolute atomic E-state index is 12.2. The molecule has 0 spiro atoms. The van der Waals surface area contributed by atoms with Gasteiger partial charge in [-0.15, -0.1) is 0 Å². The van der Waals surface area contributed by atoms with Gasteiger partial charge in [-0.25, -0.2) is 0 Å². The standard InChI is InChI=1S/C19H19Cl3N2O/c1-24(14-16-10-6-3-7-11-16)18(19(20,21)22)23-17(25)13-12-15-8-4-2-5-9-15/h2-13,18H,14H2,1H3,(H,23,25)/p+1/b13-12+/t18-/m1/s1. The van der Waals surface area contributed by atoms with Crippen LogP contribution in [0, 0.1) is 0 Å². The topological polar surface area (TPSA) is 33.5 Å². The Balaban J connectivity index is 2.04. The predicted molar refractivity (Wildman–Crippen MR) is 105 cm³/mol. The average Bonchev–Trinajstić information content (AvgIpc) is 2.58. The van der Waals surface area contributed by atoms with E-state index >= 15 is 0 Å². The first-order chi connectivity index (χ1) is 11.9. The van der Waals surface area contributed by atoms with Crippen LogP contribution in [0.15, 0.2) is 66.7 Å². The Bertz CT molecular complexity index is 700. The zero-order valence-corrected chi connectivity index (χ0v) is 16.0. The molecule has 2 rings (SSSR count). The van der Waals surface area contributed by atoms with E-state index in [4.69, 9.17) is 34.8 Å². The summed E-state index contributed by atoms with van der Waals surface area (Å²) in [7, 11) is 1.88. The number of hydrogen-bond acceptors (Lipinski definition) is 1. The molecule has 1 unspecified atom stereocenters. The van der Waals surface area contributed by atoms with Crippen molar-refractivity contribution in [2.45, 2.75) is 16.5 Å². The second-order valence-electron chi connectivity index (χ2n) is 5.74. The van der Waals surface area contributed by atoms with E-state index < -0.39 is 9.96 Å². The quantitative estimate of drug-likeness (QED) is 0.437. The number of nitrogens with one attached hydrogen (secondary N) is 2. The van der Waals surface area contributed by atoms with Crippen molar-refractivity contribution >= 4 is 46.8 Å². The van der Waals surface area contributed by atoms with Crippen LogP contribution in [0.5, 0.6) is 0 Å². The molecule has 0 saturated heterocycles. The van der Waals surface area contributed by atoms with Gasteiger partial charge in [0.15, 0.2) is 0 Å². The summed E-state index contributed by atoms with van der Waals surface area (Å²) in [5.41, 5.74) is 2.02. The highest BCUT2D eigenvalue weighted by molar-refractivity contribution is 6.68. The minimum atomic E-state index is -1.63. The molecule has 6 heteroatoms. The van der Waals surface area contributed by atoms with Gasteiger partial charge in [0.25, 0.3) is 3.79 Å². The number of halogens is 3. The molecule has 2 atom stereocenters. The number of alkyl halides is 3. The molecule has 0 aromatic heterocycles. The Hall–Kier alpha value is -1.52. The van der Waals surface area contributed by atoms with Crippen LogP contribution in [0.2, 0.25) is 0 Å². The van der Waals surface area contributed by atoms with Crippen LogP contribution in [0.25, 0.3) is 6.08 Å². The lowest BCUT2D eigenvalue weighted by molar-refractivity contribution is -0.921. The third-order valence-electron chi connectivity index (χ3n) is 3.66. The van der Waals surface area contributed by atoms with Crippen molar-refractivity contribution in [2.24, 2.45) is 0 Å². The van der Waals surface area contributed by atoms with Crippen LogP contribution in [0.3, 0.4) is 0 Å². The summed E-state index contributed by atoms with van der Waals surface area (Å²) in [5.74, 6) is -0.312. The number of carbonyl (C=O) groups is 1. The molecule has 2 aromatic rings. The van der Waals surface area contributed by atoms with E-state index in [0.29, 0.717) is 6.54 Å². The first-order valence-electron chi connectivity index (χ1n) is 7.83. The SMILES string of the molecule is C[NH+](Cc1ccccc1)[C@@H](NC(=O)/C=C/c1ccccc1)C(Cl)(Cl)Cl. The van der Waals surface area contributed by atoms with Crippen molar-refractivity contribution in [1.29, 1.82) is 0 Å². The van der Waals surface area contributed by atoms with Crippen molar-refractivity contribution in [3.05, 3.63) is 77.9 Å². The third-order valence-corrected chi connectivity index (χ3v) is 4.31. The van der Waals surface area contributed by atoms with E-state index in [-0.39, 0.29) is 5.91 Å². The molecule has 1 amide bonds. The highest BCUT2D eigenvalue weighted by Gasteiger charge is 2.40. The molecule has 132 valence electrons. The van der Waals surface area contributed by atoms with E-state index in [2.05, 4.69) is 5.32 Å². The zero-order valence-electron chi connectivity index (χ0n) is 13.8. The van der Waals surface area contributed by atoms with Gasteiger partial charge in [0.2, 0.25) is 12.1 Å². The Morgan fingerprint density at radius 3 is 2.20 bits per heavy atom. The molecule has 0 aliphatic heterocycles. The van der Waals surface area contributed by atoms with Gasteiger partial charge in [-0.1, -0.05) is 95.5 Å². The molecule has 2 N–H and O–H groups in total. The summed E-state index contributed by atoms with van der Waals surface area (Å²) in [6.45, 7) is 0.613. The summed E-state index contributed by atoms with van der Waals surface area (Å²) < 4.78 is -1.63. The van der Waals surface area contributed by atoms with Crippen LogP contribution in [-0.2, 0) is 11.3 Å². The second-order valence-corrected chi connectivity index (χ2v) is 8.10. The lowest BCUT2D eigenvalue weighted by atomic mass is 10.2. The highest BCUT2D eigenvalue weighted by Crippen LogP contribution is 2.27. The van der Waals surface area contributed by atoms with Gasteiger partial charge in [-0.05, 0) is 11.6 Å². The molecule has 2 aromatic carbocycles. The smallest absolute Gasteiger partial charge is 0.262 e. The van der Waals surface area contributed by atoms with Crippen LogP contribution in [0.4, 0.5) is 0 Å². The lowest BCUT2D eigenvalue weighted by Crippen LogP contribution is -3.15. The van der Waals surface area contributed by atoms with Gasteiger partial charge in [0, 0.05) is 11.6 Å². The zero-order chi connectivity index (χ0) is 18.3. The average molecular weight is 399 g/mol. The summed E-state index contributed by atoms with van der Waals surface area (Å²) in [6.07, 6.45) is 2.47. The minimum absolute atomic E-state index is 0.312. The van der Waals surface area contributed by atoms with Crippen molar-refractivity contribution in [2.75, 3.05) is 7.05 Å². The van der Waals surface area contributed by atoms with E-state index in [0.717, 1.165) is 16.0 Å². The predicted octanol–water partition coefficient (Wildman–Crippen LogP) is 3.23. The first kappa shape index (κ1) is 19.8. The number of quaternary nitrogens is 1. The molecule has 0 fully saturated rings. The van der Waals surface area contributed by atoms with Gasteiger partial charge >= 0.3 is 0 Å². The Kier molecular flexibility index (Phi) is 7.33. The molecule has 0 radical (unpaired) electrons. The molecule has 3 nitrogen and oxygen atoms in total. The fraction of sp³-hybridized carbons (Fsp3) is 0.211. The molecular formula is C19H20Cl3N2O+. The molecule has 0 bridgehead atoms. The van der Waals surface area contributed by atoms with Crippen molar-refractivity contribution < 1.29 is 9.69 Å². The molecule has 0 heterocycles. The van der Waals surface area contributed by atoms with Crippen LogP contribution >= 0.6 is 34.8 Å². The van der Waals surface area contributed by atoms with E-state index in [1.54, 1.807) is 6.08 Å². The van der Waals surface area contributed by atoms with E-state index in [1.807, 2.05) is 67.7 Å². The van der Waals surface area contributed by atoms with Crippen molar-refractivity contribution in [3.8, 4) is 0 Å². The first-order valence-corrected chi connectivity index (χ1v) is 8.96. The van der Waals surface area contributed by atoms with E-state index in [1.165, 1.54) is 6.08 Å². The van der Waals surface area contributed by atoms with Crippen LogP contribution < -0.4 is 10.2 Å². The normalized spacial score (nSPS) is 14.2. The highest BCUT2D eigenvalue weighted by atomic mass is 35.6. The molecule has 25 heavy (non-hydrogen) atoms.